The van der Waals surface area contributed by atoms with Gasteiger partial charge in [0, 0.05) is 18.3 Å². The van der Waals surface area contributed by atoms with Gasteiger partial charge in [0.05, 0.1) is 5.02 Å². The smallest absolute Gasteiger partial charge is 0.0621 e. The maximum Gasteiger partial charge on any atom is 0.0621 e. The fourth-order valence-corrected chi connectivity index (χ4v) is 1.71. The van der Waals surface area contributed by atoms with Crippen LogP contribution < -0.4 is 0 Å². The Balaban J connectivity index is 2.67. The van der Waals surface area contributed by atoms with E-state index in [0.717, 1.165) is 23.4 Å². The molecule has 0 N–H and O–H groups in total. The van der Waals surface area contributed by atoms with E-state index in [9.17, 15) is 0 Å². The predicted octanol–water partition coefficient (Wildman–Crippen LogP) is 3.54. The molecule has 0 saturated heterocycles. The number of halogens is 2. The number of nitrogens with zero attached hydrogens (tertiary/aromatic N) is 1. The second-order valence-electron chi connectivity index (χ2n) is 3.10. The molecule has 0 bridgehead atoms. The highest BCUT2D eigenvalue weighted by atomic mass is 35.5. The molecule has 1 nitrogen and oxygen atoms in total. The summed E-state index contributed by atoms with van der Waals surface area (Å²) in [6.45, 7) is 2.14. The van der Waals surface area contributed by atoms with E-state index in [-0.39, 0.29) is 0 Å². The van der Waals surface area contributed by atoms with Crippen molar-refractivity contribution in [2.24, 2.45) is 5.92 Å². The third kappa shape index (κ3) is 3.17. The van der Waals surface area contributed by atoms with Crippen molar-refractivity contribution in [2.75, 3.05) is 5.88 Å². The van der Waals surface area contributed by atoms with Crippen molar-refractivity contribution in [3.63, 3.8) is 0 Å². The molecule has 0 amide bonds. The van der Waals surface area contributed by atoms with Gasteiger partial charge in [0.15, 0.2) is 0 Å². The standard InChI is InChI=1S/C10H13Cl2N/c1-2-8(6-11)5-9-3-4-13-7-10(9)12/h3-4,7-8H,2,5-6H2,1H3. The van der Waals surface area contributed by atoms with Gasteiger partial charge in [-0.1, -0.05) is 24.9 Å². The topological polar surface area (TPSA) is 12.9 Å². The Morgan fingerprint density at radius 2 is 2.31 bits per heavy atom. The highest BCUT2D eigenvalue weighted by molar-refractivity contribution is 6.31. The summed E-state index contributed by atoms with van der Waals surface area (Å²) < 4.78 is 0. The summed E-state index contributed by atoms with van der Waals surface area (Å²) in [6.07, 6.45) is 5.48. The third-order valence-corrected chi connectivity index (χ3v) is 2.94. The molecule has 72 valence electrons. The molecule has 0 aliphatic carbocycles. The average Bonchev–Trinajstić information content (AvgIpc) is 2.17. The fraction of sp³-hybridized carbons (Fsp3) is 0.500. The summed E-state index contributed by atoms with van der Waals surface area (Å²) in [6, 6.07) is 1.96. The van der Waals surface area contributed by atoms with Crippen LogP contribution in [0.25, 0.3) is 0 Å². The van der Waals surface area contributed by atoms with Gasteiger partial charge in [0.2, 0.25) is 0 Å². The zero-order chi connectivity index (χ0) is 9.68. The van der Waals surface area contributed by atoms with Gasteiger partial charge in [-0.25, -0.2) is 0 Å². The van der Waals surface area contributed by atoms with Crippen LogP contribution in [0.2, 0.25) is 5.02 Å². The molecule has 1 atom stereocenters. The van der Waals surface area contributed by atoms with Gasteiger partial charge in [0.1, 0.15) is 0 Å². The van der Waals surface area contributed by atoms with Crippen molar-refractivity contribution in [1.82, 2.24) is 4.98 Å². The van der Waals surface area contributed by atoms with E-state index in [4.69, 9.17) is 23.2 Å². The van der Waals surface area contributed by atoms with Crippen LogP contribution in [0.1, 0.15) is 18.9 Å². The van der Waals surface area contributed by atoms with Crippen LogP contribution in [0.4, 0.5) is 0 Å². The first-order valence-electron chi connectivity index (χ1n) is 4.42. The van der Waals surface area contributed by atoms with Crippen LogP contribution in [-0.2, 0) is 6.42 Å². The molecule has 1 aromatic rings. The maximum absolute atomic E-state index is 5.98. The molecular formula is C10H13Cl2N. The maximum atomic E-state index is 5.98. The number of rotatable bonds is 4. The van der Waals surface area contributed by atoms with Crippen molar-refractivity contribution in [3.8, 4) is 0 Å². The number of alkyl halides is 1. The lowest BCUT2D eigenvalue weighted by Crippen LogP contribution is -2.05. The van der Waals surface area contributed by atoms with Crippen molar-refractivity contribution in [1.29, 1.82) is 0 Å². The third-order valence-electron chi connectivity index (χ3n) is 2.16. The van der Waals surface area contributed by atoms with E-state index in [1.165, 1.54) is 0 Å². The van der Waals surface area contributed by atoms with Crippen LogP contribution in [-0.4, -0.2) is 10.9 Å². The van der Waals surface area contributed by atoms with Crippen LogP contribution in [0.3, 0.4) is 0 Å². The Bertz CT molecular complexity index is 259. The summed E-state index contributed by atoms with van der Waals surface area (Å²) in [7, 11) is 0. The van der Waals surface area contributed by atoms with E-state index in [2.05, 4.69) is 11.9 Å². The molecule has 1 unspecified atom stereocenters. The molecule has 0 spiro atoms. The molecule has 1 rings (SSSR count). The van der Waals surface area contributed by atoms with Crippen LogP contribution >= 0.6 is 23.2 Å². The second-order valence-corrected chi connectivity index (χ2v) is 3.82. The predicted molar refractivity (Wildman–Crippen MR) is 57.5 cm³/mol. The van der Waals surface area contributed by atoms with Gasteiger partial charge < -0.3 is 0 Å². The highest BCUT2D eigenvalue weighted by Crippen LogP contribution is 2.19. The van der Waals surface area contributed by atoms with Gasteiger partial charge in [-0.15, -0.1) is 11.6 Å². The van der Waals surface area contributed by atoms with Gasteiger partial charge in [-0.05, 0) is 24.0 Å². The summed E-state index contributed by atoms with van der Waals surface area (Å²) in [5, 5.41) is 0.742. The number of pyridine rings is 1. The summed E-state index contributed by atoms with van der Waals surface area (Å²) >= 11 is 11.8. The molecule has 3 heteroatoms. The van der Waals surface area contributed by atoms with E-state index in [0.29, 0.717) is 11.8 Å². The number of hydrogen-bond donors (Lipinski definition) is 0. The molecule has 13 heavy (non-hydrogen) atoms. The van der Waals surface area contributed by atoms with Crippen molar-refractivity contribution < 1.29 is 0 Å². The molecule has 0 fully saturated rings. The minimum absolute atomic E-state index is 0.515. The van der Waals surface area contributed by atoms with E-state index < -0.39 is 0 Å². The monoisotopic (exact) mass is 217 g/mol. The van der Waals surface area contributed by atoms with E-state index in [1.807, 2.05) is 6.07 Å². The van der Waals surface area contributed by atoms with E-state index in [1.54, 1.807) is 12.4 Å². The first kappa shape index (κ1) is 10.8. The summed E-state index contributed by atoms with van der Waals surface area (Å²) in [4.78, 5) is 3.94. The van der Waals surface area contributed by atoms with Crippen molar-refractivity contribution >= 4 is 23.2 Å². The Hall–Kier alpha value is -0.270. The average molecular weight is 218 g/mol. The molecule has 0 aromatic carbocycles. The highest BCUT2D eigenvalue weighted by Gasteiger charge is 2.08. The Morgan fingerprint density at radius 1 is 1.54 bits per heavy atom. The lowest BCUT2D eigenvalue weighted by Gasteiger charge is -2.11. The van der Waals surface area contributed by atoms with Crippen molar-refractivity contribution in [3.05, 3.63) is 29.0 Å². The largest absolute Gasteiger partial charge is 0.263 e. The lowest BCUT2D eigenvalue weighted by molar-refractivity contribution is 0.566. The van der Waals surface area contributed by atoms with Crippen LogP contribution in [0.15, 0.2) is 18.5 Å². The number of hydrogen-bond acceptors (Lipinski definition) is 1. The lowest BCUT2D eigenvalue weighted by atomic mass is 10.00. The Labute approximate surface area is 89.1 Å². The summed E-state index contributed by atoms with van der Waals surface area (Å²) in [5.41, 5.74) is 1.14. The molecular weight excluding hydrogens is 205 g/mol. The number of aromatic nitrogens is 1. The van der Waals surface area contributed by atoms with Crippen molar-refractivity contribution in [2.45, 2.75) is 19.8 Å². The van der Waals surface area contributed by atoms with Crippen LogP contribution in [0.5, 0.6) is 0 Å². The van der Waals surface area contributed by atoms with Gasteiger partial charge in [-0.2, -0.15) is 0 Å². The van der Waals surface area contributed by atoms with Gasteiger partial charge in [0.25, 0.3) is 0 Å². The van der Waals surface area contributed by atoms with Gasteiger partial charge >= 0.3 is 0 Å². The first-order valence-corrected chi connectivity index (χ1v) is 5.33. The Kier molecular flexibility index (Phi) is 4.54. The Morgan fingerprint density at radius 3 is 2.85 bits per heavy atom. The molecule has 0 aliphatic rings. The molecule has 0 aliphatic heterocycles. The molecule has 1 heterocycles. The normalized spacial score (nSPS) is 12.8. The zero-order valence-corrected chi connectivity index (χ0v) is 9.15. The fourth-order valence-electron chi connectivity index (χ4n) is 1.19. The minimum Gasteiger partial charge on any atom is -0.263 e. The minimum atomic E-state index is 0.515. The molecule has 1 aromatic heterocycles. The first-order chi connectivity index (χ1) is 6.27. The quantitative estimate of drug-likeness (QED) is 0.704. The molecule has 0 radical (unpaired) electrons. The molecule has 0 saturated carbocycles. The van der Waals surface area contributed by atoms with Crippen LogP contribution in [0, 0.1) is 5.92 Å². The SMILES string of the molecule is CCC(CCl)Cc1ccncc1Cl. The van der Waals surface area contributed by atoms with E-state index >= 15 is 0 Å². The summed E-state index contributed by atoms with van der Waals surface area (Å²) in [5.74, 6) is 1.20. The zero-order valence-electron chi connectivity index (χ0n) is 7.63. The van der Waals surface area contributed by atoms with Gasteiger partial charge in [-0.3, -0.25) is 4.98 Å². The second kappa shape index (κ2) is 5.46.